The van der Waals surface area contributed by atoms with Crippen molar-refractivity contribution in [2.45, 2.75) is 44.6 Å². The van der Waals surface area contributed by atoms with E-state index in [1.807, 2.05) is 6.08 Å². The van der Waals surface area contributed by atoms with E-state index in [2.05, 4.69) is 23.8 Å². The van der Waals surface area contributed by atoms with Gasteiger partial charge in [0.25, 0.3) is 0 Å². The fourth-order valence-electron chi connectivity index (χ4n) is 3.91. The van der Waals surface area contributed by atoms with Gasteiger partial charge in [0.2, 0.25) is 0 Å². The molecule has 0 amide bonds. The highest BCUT2D eigenvalue weighted by molar-refractivity contribution is 4.84. The molecule has 1 saturated carbocycles. The molecule has 0 aromatic heterocycles. The smallest absolute Gasteiger partial charge is 0.0644 e. The third-order valence-electron chi connectivity index (χ3n) is 4.96. The Morgan fingerprint density at radius 1 is 1.25 bits per heavy atom. The Morgan fingerprint density at radius 2 is 2.10 bits per heavy atom. The molecule has 2 rings (SSSR count). The summed E-state index contributed by atoms with van der Waals surface area (Å²) in [5.41, 5.74) is 0. The van der Waals surface area contributed by atoms with Crippen LogP contribution < -0.4 is 5.32 Å². The Kier molecular flexibility index (Phi) is 7.05. The summed E-state index contributed by atoms with van der Waals surface area (Å²) in [5, 5.41) is 3.53. The normalized spacial score (nSPS) is 32.1. The number of hydrogen-bond acceptors (Lipinski definition) is 3. The molecular formula is C17H32N2O. The summed E-state index contributed by atoms with van der Waals surface area (Å²) in [6.07, 6.45) is 10.1. The Bertz CT molecular complexity index is 282. The fourth-order valence-corrected chi connectivity index (χ4v) is 3.91. The quantitative estimate of drug-likeness (QED) is 0.573. The summed E-state index contributed by atoms with van der Waals surface area (Å²) in [5.74, 6) is 1.57. The first kappa shape index (κ1) is 16.0. The molecule has 0 radical (unpaired) electrons. The van der Waals surface area contributed by atoms with Gasteiger partial charge in [-0.2, -0.15) is 0 Å². The van der Waals surface area contributed by atoms with Crippen LogP contribution >= 0.6 is 0 Å². The Hall–Kier alpha value is -0.380. The first-order chi connectivity index (χ1) is 9.83. The molecule has 3 nitrogen and oxygen atoms in total. The second kappa shape index (κ2) is 8.81. The minimum atomic E-state index is 0.695. The first-order valence-corrected chi connectivity index (χ1v) is 8.41. The maximum atomic E-state index is 5.65. The highest BCUT2D eigenvalue weighted by Gasteiger charge is 2.28. The molecule has 1 saturated heterocycles. The van der Waals surface area contributed by atoms with Gasteiger partial charge in [-0.05, 0) is 51.1 Å². The van der Waals surface area contributed by atoms with Crippen LogP contribution in [-0.4, -0.2) is 50.8 Å². The van der Waals surface area contributed by atoms with E-state index in [-0.39, 0.29) is 0 Å². The number of hydrogen-bond donors (Lipinski definition) is 1. The molecule has 1 heterocycles. The van der Waals surface area contributed by atoms with Crippen LogP contribution in [0.3, 0.4) is 0 Å². The van der Waals surface area contributed by atoms with Crippen molar-refractivity contribution in [3.8, 4) is 0 Å². The Morgan fingerprint density at radius 3 is 2.90 bits per heavy atom. The molecule has 2 aliphatic rings. The average molecular weight is 280 g/mol. The van der Waals surface area contributed by atoms with Crippen molar-refractivity contribution in [3.63, 3.8) is 0 Å². The number of nitrogens with zero attached hydrogens (tertiary/aromatic N) is 1. The van der Waals surface area contributed by atoms with E-state index in [4.69, 9.17) is 4.74 Å². The van der Waals surface area contributed by atoms with Crippen molar-refractivity contribution in [2.24, 2.45) is 11.8 Å². The largest absolute Gasteiger partial charge is 0.377 e. The zero-order valence-electron chi connectivity index (χ0n) is 13.2. The molecule has 3 atom stereocenters. The summed E-state index contributed by atoms with van der Waals surface area (Å²) in [7, 11) is 2.13. The minimum absolute atomic E-state index is 0.695. The van der Waals surface area contributed by atoms with Crippen molar-refractivity contribution in [1.29, 1.82) is 0 Å². The number of piperidine rings is 1. The highest BCUT2D eigenvalue weighted by atomic mass is 16.5. The van der Waals surface area contributed by atoms with Crippen LogP contribution in [0.2, 0.25) is 0 Å². The minimum Gasteiger partial charge on any atom is -0.377 e. The van der Waals surface area contributed by atoms with E-state index in [0.717, 1.165) is 24.5 Å². The van der Waals surface area contributed by atoms with Crippen LogP contribution in [0.25, 0.3) is 0 Å². The van der Waals surface area contributed by atoms with E-state index >= 15 is 0 Å². The van der Waals surface area contributed by atoms with Gasteiger partial charge in [0.1, 0.15) is 0 Å². The van der Waals surface area contributed by atoms with Crippen molar-refractivity contribution < 1.29 is 4.74 Å². The molecule has 1 N–H and O–H groups in total. The van der Waals surface area contributed by atoms with Crippen molar-refractivity contribution in [2.75, 3.05) is 39.9 Å². The molecule has 3 heteroatoms. The highest BCUT2D eigenvalue weighted by Crippen LogP contribution is 2.27. The molecule has 116 valence electrons. The SMILES string of the molecule is C=CCOC[C@@H]1CCCN(CC2CCCCC2NC)C1. The second-order valence-electron chi connectivity index (χ2n) is 6.53. The molecule has 1 aliphatic carbocycles. The van der Waals surface area contributed by atoms with E-state index in [0.29, 0.717) is 6.61 Å². The topological polar surface area (TPSA) is 24.5 Å². The molecule has 2 fully saturated rings. The van der Waals surface area contributed by atoms with Gasteiger partial charge in [0, 0.05) is 19.1 Å². The van der Waals surface area contributed by atoms with Gasteiger partial charge in [0.05, 0.1) is 13.2 Å². The maximum absolute atomic E-state index is 5.65. The summed E-state index contributed by atoms with van der Waals surface area (Å²) in [4.78, 5) is 2.69. The lowest BCUT2D eigenvalue weighted by atomic mass is 9.83. The summed E-state index contributed by atoms with van der Waals surface area (Å²) in [6, 6.07) is 0.737. The molecule has 0 spiro atoms. The number of ether oxygens (including phenoxy) is 1. The van der Waals surface area contributed by atoms with Crippen molar-refractivity contribution >= 4 is 0 Å². The lowest BCUT2D eigenvalue weighted by molar-refractivity contribution is 0.0617. The average Bonchev–Trinajstić information content (AvgIpc) is 2.48. The predicted octanol–water partition coefficient (Wildman–Crippen LogP) is 2.68. The van der Waals surface area contributed by atoms with Crippen molar-refractivity contribution in [3.05, 3.63) is 12.7 Å². The van der Waals surface area contributed by atoms with Crippen LogP contribution in [0.15, 0.2) is 12.7 Å². The number of nitrogens with one attached hydrogen (secondary N) is 1. The lowest BCUT2D eigenvalue weighted by Crippen LogP contribution is -2.46. The van der Waals surface area contributed by atoms with Gasteiger partial charge in [0.15, 0.2) is 0 Å². The Balaban J connectivity index is 1.75. The van der Waals surface area contributed by atoms with E-state index < -0.39 is 0 Å². The molecule has 0 aromatic carbocycles. The van der Waals surface area contributed by atoms with Gasteiger partial charge in [-0.3, -0.25) is 0 Å². The summed E-state index contributed by atoms with van der Waals surface area (Å²) < 4.78 is 5.65. The van der Waals surface area contributed by atoms with Gasteiger partial charge in [-0.15, -0.1) is 6.58 Å². The van der Waals surface area contributed by atoms with E-state index in [1.165, 1.54) is 58.2 Å². The van der Waals surface area contributed by atoms with Gasteiger partial charge >= 0.3 is 0 Å². The fraction of sp³-hybridized carbons (Fsp3) is 0.882. The second-order valence-corrected chi connectivity index (χ2v) is 6.53. The van der Waals surface area contributed by atoms with Crippen LogP contribution in [0.4, 0.5) is 0 Å². The third kappa shape index (κ3) is 4.87. The number of likely N-dealkylation sites (tertiary alicyclic amines) is 1. The lowest BCUT2D eigenvalue weighted by Gasteiger charge is -2.39. The van der Waals surface area contributed by atoms with Crippen LogP contribution in [0.5, 0.6) is 0 Å². The standard InChI is InChI=1S/C17H32N2O/c1-3-11-20-14-15-7-6-10-19(12-15)13-16-8-4-5-9-17(16)18-2/h3,15-18H,1,4-14H2,2H3/t15-,16?,17?/m1/s1. The third-order valence-corrected chi connectivity index (χ3v) is 4.96. The number of rotatable bonds is 7. The van der Waals surface area contributed by atoms with E-state index in [1.54, 1.807) is 0 Å². The van der Waals surface area contributed by atoms with Gasteiger partial charge < -0.3 is 15.0 Å². The first-order valence-electron chi connectivity index (χ1n) is 8.41. The zero-order valence-corrected chi connectivity index (χ0v) is 13.2. The van der Waals surface area contributed by atoms with Crippen molar-refractivity contribution in [1.82, 2.24) is 10.2 Å². The molecule has 0 aromatic rings. The van der Waals surface area contributed by atoms with Crippen LogP contribution in [0, 0.1) is 11.8 Å². The van der Waals surface area contributed by atoms with E-state index in [9.17, 15) is 0 Å². The maximum Gasteiger partial charge on any atom is 0.0644 e. The monoisotopic (exact) mass is 280 g/mol. The van der Waals surface area contributed by atoms with Gasteiger partial charge in [-0.1, -0.05) is 18.9 Å². The molecule has 0 bridgehead atoms. The molecule has 20 heavy (non-hydrogen) atoms. The van der Waals surface area contributed by atoms with Crippen LogP contribution in [0.1, 0.15) is 38.5 Å². The predicted molar refractivity (Wildman–Crippen MR) is 85.0 cm³/mol. The molecular weight excluding hydrogens is 248 g/mol. The summed E-state index contributed by atoms with van der Waals surface area (Å²) >= 11 is 0. The summed E-state index contributed by atoms with van der Waals surface area (Å²) in [6.45, 7) is 9.10. The van der Waals surface area contributed by atoms with Gasteiger partial charge in [-0.25, -0.2) is 0 Å². The molecule has 1 aliphatic heterocycles. The molecule has 2 unspecified atom stereocenters. The van der Waals surface area contributed by atoms with Crippen LogP contribution in [-0.2, 0) is 4.74 Å². The Labute approximate surface area is 124 Å². The zero-order chi connectivity index (χ0) is 14.2.